The first-order valence-electron chi connectivity index (χ1n) is 8.78. The van der Waals surface area contributed by atoms with Crippen LogP contribution in [0.4, 0.5) is 0 Å². The zero-order chi connectivity index (χ0) is 18.4. The molecule has 1 amide bonds. The molecule has 0 bridgehead atoms. The normalized spacial score (nSPS) is 11.0. The highest BCUT2D eigenvalue weighted by molar-refractivity contribution is 7.13. The number of hydrogen-bond acceptors (Lipinski definition) is 4. The minimum absolute atomic E-state index is 0.0564. The third kappa shape index (κ3) is 5.56. The third-order valence-corrected chi connectivity index (χ3v) is 5.12. The van der Waals surface area contributed by atoms with Crippen molar-refractivity contribution in [3.8, 4) is 5.75 Å². The van der Waals surface area contributed by atoms with Crippen LogP contribution in [0.3, 0.4) is 0 Å². The molecular formula is C20H28N2O2S. The van der Waals surface area contributed by atoms with Gasteiger partial charge in [0, 0.05) is 20.0 Å². The van der Waals surface area contributed by atoms with Crippen molar-refractivity contribution in [1.82, 2.24) is 9.88 Å². The van der Waals surface area contributed by atoms with Crippen LogP contribution in [0.2, 0.25) is 0 Å². The van der Waals surface area contributed by atoms with Crippen LogP contribution in [0.5, 0.6) is 5.75 Å². The maximum Gasteiger partial charge on any atom is 0.265 e. The Balaban J connectivity index is 1.84. The van der Waals surface area contributed by atoms with E-state index < -0.39 is 0 Å². The molecule has 2 aromatic rings. The van der Waals surface area contributed by atoms with Crippen LogP contribution >= 0.6 is 11.3 Å². The summed E-state index contributed by atoms with van der Waals surface area (Å²) in [5.41, 5.74) is 1.97. The zero-order valence-electron chi connectivity index (χ0n) is 15.8. The molecule has 1 heterocycles. The number of para-hydroxylation sites is 1. The molecule has 0 atom stereocenters. The van der Waals surface area contributed by atoms with Crippen LogP contribution in [-0.2, 0) is 6.42 Å². The van der Waals surface area contributed by atoms with Crippen molar-refractivity contribution in [3.63, 3.8) is 0 Å². The van der Waals surface area contributed by atoms with Gasteiger partial charge in [-0.1, -0.05) is 32.0 Å². The van der Waals surface area contributed by atoms with E-state index in [2.05, 4.69) is 18.8 Å². The predicted octanol–water partition coefficient (Wildman–Crippen LogP) is 4.50. The van der Waals surface area contributed by atoms with Crippen molar-refractivity contribution in [1.29, 1.82) is 0 Å². The summed E-state index contributed by atoms with van der Waals surface area (Å²) in [5, 5.41) is 1.05. The molecule has 0 aliphatic rings. The number of nitrogens with zero attached hydrogens (tertiary/aromatic N) is 2. The Bertz CT molecular complexity index is 709. The van der Waals surface area contributed by atoms with Gasteiger partial charge < -0.3 is 9.64 Å². The molecule has 1 aromatic carbocycles. The van der Waals surface area contributed by atoms with Crippen molar-refractivity contribution in [3.05, 3.63) is 45.4 Å². The van der Waals surface area contributed by atoms with E-state index in [4.69, 9.17) is 4.74 Å². The Labute approximate surface area is 154 Å². The van der Waals surface area contributed by atoms with E-state index in [0.29, 0.717) is 19.1 Å². The Morgan fingerprint density at radius 3 is 2.68 bits per heavy atom. The summed E-state index contributed by atoms with van der Waals surface area (Å²) >= 11 is 1.53. The Kier molecular flexibility index (Phi) is 7.00. The van der Waals surface area contributed by atoms with Crippen molar-refractivity contribution >= 4 is 17.2 Å². The highest BCUT2D eigenvalue weighted by Crippen LogP contribution is 2.22. The standard InChI is InChI=1S/C20H28N2O2S/c1-14(2)13-18-21-16(4)19(25-18)20(23)22(5)11-8-12-24-17-10-7-6-9-15(17)3/h6-7,9-10,14H,8,11-13H2,1-5H3. The first-order valence-corrected chi connectivity index (χ1v) is 9.60. The number of aromatic nitrogens is 1. The van der Waals surface area contributed by atoms with Gasteiger partial charge in [-0.15, -0.1) is 11.3 Å². The van der Waals surface area contributed by atoms with Crippen molar-refractivity contribution in [2.24, 2.45) is 5.92 Å². The van der Waals surface area contributed by atoms with E-state index in [0.717, 1.165) is 39.7 Å². The van der Waals surface area contributed by atoms with E-state index in [1.54, 1.807) is 4.90 Å². The zero-order valence-corrected chi connectivity index (χ0v) is 16.7. The molecule has 0 saturated carbocycles. The number of carbonyl (C=O) groups excluding carboxylic acids is 1. The monoisotopic (exact) mass is 360 g/mol. The number of ether oxygens (including phenoxy) is 1. The molecule has 5 heteroatoms. The number of rotatable bonds is 8. The molecule has 0 aliphatic heterocycles. The van der Waals surface area contributed by atoms with Gasteiger partial charge in [0.15, 0.2) is 0 Å². The lowest BCUT2D eigenvalue weighted by Crippen LogP contribution is -2.28. The number of hydrogen-bond donors (Lipinski definition) is 0. The lowest BCUT2D eigenvalue weighted by molar-refractivity contribution is 0.0791. The molecular weight excluding hydrogens is 332 g/mol. The molecule has 0 spiro atoms. The fourth-order valence-electron chi connectivity index (χ4n) is 2.56. The van der Waals surface area contributed by atoms with Crippen molar-refractivity contribution in [2.75, 3.05) is 20.2 Å². The number of aryl methyl sites for hydroxylation is 2. The van der Waals surface area contributed by atoms with E-state index in [9.17, 15) is 4.79 Å². The summed E-state index contributed by atoms with van der Waals surface area (Å²) in [6, 6.07) is 7.98. The number of benzene rings is 1. The minimum Gasteiger partial charge on any atom is -0.493 e. The first-order chi connectivity index (χ1) is 11.9. The highest BCUT2D eigenvalue weighted by atomic mass is 32.1. The number of amides is 1. The van der Waals surface area contributed by atoms with E-state index in [-0.39, 0.29) is 5.91 Å². The van der Waals surface area contributed by atoms with Crippen LogP contribution in [-0.4, -0.2) is 36.0 Å². The summed E-state index contributed by atoms with van der Waals surface area (Å²) in [4.78, 5) is 19.7. The van der Waals surface area contributed by atoms with E-state index in [1.165, 1.54) is 11.3 Å². The molecule has 4 nitrogen and oxygen atoms in total. The summed E-state index contributed by atoms with van der Waals surface area (Å²) < 4.78 is 5.80. The Hall–Kier alpha value is -1.88. The summed E-state index contributed by atoms with van der Waals surface area (Å²) in [5.74, 6) is 1.51. The Morgan fingerprint density at radius 1 is 1.28 bits per heavy atom. The van der Waals surface area contributed by atoms with Crippen LogP contribution in [0.15, 0.2) is 24.3 Å². The van der Waals surface area contributed by atoms with Gasteiger partial charge >= 0.3 is 0 Å². The summed E-state index contributed by atoms with van der Waals surface area (Å²) in [6.07, 6.45) is 1.72. The van der Waals surface area contributed by atoms with E-state index >= 15 is 0 Å². The van der Waals surface area contributed by atoms with Crippen molar-refractivity contribution < 1.29 is 9.53 Å². The van der Waals surface area contributed by atoms with E-state index in [1.807, 2.05) is 45.2 Å². The molecule has 0 fully saturated rings. The van der Waals surface area contributed by atoms with Gasteiger partial charge in [-0.3, -0.25) is 4.79 Å². The Morgan fingerprint density at radius 2 is 2.00 bits per heavy atom. The largest absolute Gasteiger partial charge is 0.493 e. The molecule has 25 heavy (non-hydrogen) atoms. The number of carbonyl (C=O) groups is 1. The van der Waals surface area contributed by atoms with Gasteiger partial charge in [0.2, 0.25) is 0 Å². The SMILES string of the molecule is Cc1ccccc1OCCCN(C)C(=O)c1sc(CC(C)C)nc1C. The average Bonchev–Trinajstić information content (AvgIpc) is 2.91. The minimum atomic E-state index is 0.0564. The smallest absolute Gasteiger partial charge is 0.265 e. The highest BCUT2D eigenvalue weighted by Gasteiger charge is 2.19. The fraction of sp³-hybridized carbons (Fsp3) is 0.500. The molecule has 0 N–H and O–H groups in total. The maximum atomic E-state index is 12.6. The molecule has 0 radical (unpaired) electrons. The van der Waals surface area contributed by atoms with Gasteiger partial charge in [-0.2, -0.15) is 0 Å². The topological polar surface area (TPSA) is 42.4 Å². The van der Waals surface area contributed by atoms with Crippen molar-refractivity contribution in [2.45, 2.75) is 40.5 Å². The molecule has 0 unspecified atom stereocenters. The van der Waals surface area contributed by atoms with Crippen LogP contribution in [0.25, 0.3) is 0 Å². The average molecular weight is 361 g/mol. The molecule has 1 aromatic heterocycles. The quantitative estimate of drug-likeness (QED) is 0.651. The van der Waals surface area contributed by atoms with Gasteiger partial charge in [0.1, 0.15) is 10.6 Å². The molecule has 136 valence electrons. The second-order valence-corrected chi connectivity index (χ2v) is 7.90. The van der Waals surface area contributed by atoms with Gasteiger partial charge in [0.05, 0.1) is 17.3 Å². The lowest BCUT2D eigenvalue weighted by atomic mass is 10.1. The third-order valence-electron chi connectivity index (χ3n) is 3.95. The summed E-state index contributed by atoms with van der Waals surface area (Å²) in [7, 11) is 1.84. The molecule has 0 aliphatic carbocycles. The molecule has 0 saturated heterocycles. The lowest BCUT2D eigenvalue weighted by Gasteiger charge is -2.17. The van der Waals surface area contributed by atoms with Crippen LogP contribution in [0, 0.1) is 19.8 Å². The first kappa shape index (κ1) is 19.4. The van der Waals surface area contributed by atoms with Gasteiger partial charge in [-0.25, -0.2) is 4.98 Å². The van der Waals surface area contributed by atoms with Gasteiger partial charge in [0.25, 0.3) is 5.91 Å². The van der Waals surface area contributed by atoms with Gasteiger partial charge in [-0.05, 0) is 37.8 Å². The van der Waals surface area contributed by atoms with Crippen LogP contribution < -0.4 is 4.74 Å². The predicted molar refractivity (Wildman–Crippen MR) is 104 cm³/mol. The van der Waals surface area contributed by atoms with Crippen LogP contribution in [0.1, 0.15) is 46.2 Å². The second-order valence-electron chi connectivity index (χ2n) is 6.81. The number of thiazole rings is 1. The summed E-state index contributed by atoms with van der Waals surface area (Å²) in [6.45, 7) is 9.55. The molecule has 2 rings (SSSR count). The maximum absolute atomic E-state index is 12.6. The fourth-order valence-corrected chi connectivity index (χ4v) is 3.84. The second kappa shape index (κ2) is 8.99.